The molecule has 1 rings (SSSR count). The van der Waals surface area contributed by atoms with Crippen LogP contribution in [-0.2, 0) is 0 Å². The van der Waals surface area contributed by atoms with E-state index in [-0.39, 0.29) is 5.78 Å². The summed E-state index contributed by atoms with van der Waals surface area (Å²) in [6, 6.07) is 3.38. The van der Waals surface area contributed by atoms with E-state index >= 15 is 0 Å². The molecule has 0 aromatic carbocycles. The van der Waals surface area contributed by atoms with Crippen molar-refractivity contribution in [1.82, 2.24) is 0 Å². The molecule has 24 heavy (non-hydrogen) atoms. The Morgan fingerprint density at radius 2 is 1.58 bits per heavy atom. The zero-order valence-electron chi connectivity index (χ0n) is 15.5. The number of ether oxygens (including phenoxy) is 1. The summed E-state index contributed by atoms with van der Waals surface area (Å²) in [6.45, 7) is 4.40. The lowest BCUT2D eigenvalue weighted by atomic mass is 10.1. The minimum Gasteiger partial charge on any atom is -0.465 e. The highest BCUT2D eigenvalue weighted by Crippen LogP contribution is 2.17. The molecule has 1 aromatic rings. The normalized spacial score (nSPS) is 11.2. The predicted molar refractivity (Wildman–Crippen MR) is 99.8 cm³/mol. The molecule has 0 amide bonds. The fourth-order valence-corrected chi connectivity index (χ4v) is 2.58. The van der Waals surface area contributed by atoms with Gasteiger partial charge in [0.05, 0.1) is 6.61 Å². The van der Waals surface area contributed by atoms with Crippen LogP contribution >= 0.6 is 0 Å². The van der Waals surface area contributed by atoms with Gasteiger partial charge in [-0.05, 0) is 38.2 Å². The Kier molecular flexibility index (Phi) is 11.9. The van der Waals surface area contributed by atoms with Crippen molar-refractivity contribution in [3.8, 4) is 5.95 Å². The summed E-state index contributed by atoms with van der Waals surface area (Å²) in [7, 11) is 0. The van der Waals surface area contributed by atoms with Gasteiger partial charge in [-0.1, -0.05) is 57.6 Å². The lowest BCUT2D eigenvalue weighted by Crippen LogP contribution is -1.96. The molecule has 0 N–H and O–H groups in total. The van der Waals surface area contributed by atoms with E-state index in [9.17, 15) is 4.79 Å². The first-order valence-corrected chi connectivity index (χ1v) is 9.62. The van der Waals surface area contributed by atoms with Crippen molar-refractivity contribution in [2.75, 3.05) is 6.61 Å². The van der Waals surface area contributed by atoms with Crippen LogP contribution in [0.15, 0.2) is 28.7 Å². The Balaban J connectivity index is 1.86. The highest BCUT2D eigenvalue weighted by atomic mass is 16.6. The van der Waals surface area contributed by atoms with Crippen molar-refractivity contribution in [3.63, 3.8) is 0 Å². The molecule has 0 bridgehead atoms. The molecule has 136 valence electrons. The van der Waals surface area contributed by atoms with Gasteiger partial charge in [-0.15, -0.1) is 0 Å². The third kappa shape index (κ3) is 10.3. The Morgan fingerprint density at radius 3 is 2.21 bits per heavy atom. The first-order valence-electron chi connectivity index (χ1n) is 9.62. The molecule has 1 heterocycles. The number of allylic oxidation sites excluding steroid dienone is 2. The summed E-state index contributed by atoms with van der Waals surface area (Å²) < 4.78 is 10.8. The lowest BCUT2D eigenvalue weighted by Gasteiger charge is -2.03. The fraction of sp³-hybridized carbons (Fsp3) is 0.667. The van der Waals surface area contributed by atoms with Gasteiger partial charge >= 0.3 is 0 Å². The first kappa shape index (κ1) is 20.5. The minimum atomic E-state index is -0.0688. The molecule has 0 spiro atoms. The van der Waals surface area contributed by atoms with Crippen LogP contribution in [0.3, 0.4) is 0 Å². The van der Waals surface area contributed by atoms with E-state index < -0.39 is 0 Å². The van der Waals surface area contributed by atoms with E-state index in [1.807, 2.05) is 0 Å². The third-order valence-electron chi connectivity index (χ3n) is 4.08. The second-order valence-corrected chi connectivity index (χ2v) is 6.40. The average molecular weight is 334 g/mol. The van der Waals surface area contributed by atoms with Gasteiger partial charge in [0, 0.05) is 13.0 Å². The average Bonchev–Trinajstić information content (AvgIpc) is 3.04. The Bertz CT molecular complexity index is 459. The molecule has 1 aromatic heterocycles. The second kappa shape index (κ2) is 13.9. The number of unbranched alkanes of at least 4 members (excludes halogenated alkanes) is 9. The van der Waals surface area contributed by atoms with Crippen LogP contribution in [0.2, 0.25) is 0 Å². The number of carbonyl (C=O) groups is 1. The highest BCUT2D eigenvalue weighted by molar-refractivity contribution is 5.91. The van der Waals surface area contributed by atoms with Crippen molar-refractivity contribution in [2.45, 2.75) is 84.5 Å². The van der Waals surface area contributed by atoms with Gasteiger partial charge in [0.15, 0.2) is 11.5 Å². The van der Waals surface area contributed by atoms with E-state index in [1.165, 1.54) is 71.1 Å². The molecule has 0 radical (unpaired) electrons. The summed E-state index contributed by atoms with van der Waals surface area (Å²) in [6.07, 6.45) is 18.6. The van der Waals surface area contributed by atoms with Crippen LogP contribution in [0, 0.1) is 0 Å². The molecule has 3 nitrogen and oxygen atoms in total. The van der Waals surface area contributed by atoms with Crippen LogP contribution in [0.4, 0.5) is 0 Å². The van der Waals surface area contributed by atoms with Gasteiger partial charge in [0.25, 0.3) is 5.95 Å². The van der Waals surface area contributed by atoms with Crippen molar-refractivity contribution >= 4 is 5.78 Å². The van der Waals surface area contributed by atoms with Gasteiger partial charge in [0.2, 0.25) is 0 Å². The predicted octanol–water partition coefficient (Wildman–Crippen LogP) is 6.73. The molecule has 0 atom stereocenters. The number of rotatable bonds is 15. The Morgan fingerprint density at radius 1 is 0.958 bits per heavy atom. The van der Waals surface area contributed by atoms with Gasteiger partial charge in [-0.25, -0.2) is 0 Å². The van der Waals surface area contributed by atoms with Crippen molar-refractivity contribution in [2.24, 2.45) is 0 Å². The number of ketones is 1. The second-order valence-electron chi connectivity index (χ2n) is 6.40. The Hall–Kier alpha value is -1.51. The van der Waals surface area contributed by atoms with Gasteiger partial charge < -0.3 is 9.15 Å². The Labute approximate surface area is 147 Å². The maximum Gasteiger partial charge on any atom is 0.284 e. The summed E-state index contributed by atoms with van der Waals surface area (Å²) in [5.41, 5.74) is 0. The molecule has 0 saturated heterocycles. The molecule has 0 aliphatic carbocycles. The SMILES string of the molecule is CCCCC/C=C/CCCCCCCCOc1ccc(C(C)=O)o1. The number of carbonyl (C=O) groups excluding carboxylic acids is 1. The summed E-state index contributed by atoms with van der Waals surface area (Å²) in [5.74, 6) is 0.746. The molecule has 0 aliphatic heterocycles. The molecule has 0 saturated carbocycles. The van der Waals surface area contributed by atoms with Crippen LogP contribution in [-0.4, -0.2) is 12.4 Å². The number of hydrogen-bond acceptors (Lipinski definition) is 3. The monoisotopic (exact) mass is 334 g/mol. The molecule has 0 unspecified atom stereocenters. The largest absolute Gasteiger partial charge is 0.465 e. The lowest BCUT2D eigenvalue weighted by molar-refractivity contribution is 0.0978. The summed E-state index contributed by atoms with van der Waals surface area (Å²) >= 11 is 0. The van der Waals surface area contributed by atoms with Gasteiger partial charge in [-0.3, -0.25) is 4.79 Å². The molecule has 0 aliphatic rings. The molecule has 3 heteroatoms. The summed E-state index contributed by atoms with van der Waals surface area (Å²) in [5, 5.41) is 0. The quantitative estimate of drug-likeness (QED) is 0.203. The first-order chi connectivity index (χ1) is 11.7. The molecular formula is C21H34O3. The summed E-state index contributed by atoms with van der Waals surface area (Å²) in [4.78, 5) is 11.1. The van der Waals surface area contributed by atoms with Crippen molar-refractivity contribution in [1.29, 1.82) is 0 Å². The van der Waals surface area contributed by atoms with E-state index in [0.717, 1.165) is 6.42 Å². The fourth-order valence-electron chi connectivity index (χ4n) is 2.58. The third-order valence-corrected chi connectivity index (χ3v) is 4.08. The minimum absolute atomic E-state index is 0.0688. The maximum absolute atomic E-state index is 11.1. The van der Waals surface area contributed by atoms with Crippen molar-refractivity contribution in [3.05, 3.63) is 30.0 Å². The van der Waals surface area contributed by atoms with E-state index in [1.54, 1.807) is 12.1 Å². The van der Waals surface area contributed by atoms with Gasteiger partial charge in [-0.2, -0.15) is 0 Å². The number of Topliss-reactive ketones (excluding diaryl/α,β-unsaturated/α-hetero) is 1. The van der Waals surface area contributed by atoms with Crippen LogP contribution in [0.25, 0.3) is 0 Å². The van der Waals surface area contributed by atoms with Crippen LogP contribution in [0.5, 0.6) is 5.95 Å². The molecular weight excluding hydrogens is 300 g/mol. The van der Waals surface area contributed by atoms with Crippen molar-refractivity contribution < 1.29 is 13.9 Å². The van der Waals surface area contributed by atoms with Crippen LogP contribution in [0.1, 0.15) is 95.0 Å². The highest BCUT2D eigenvalue weighted by Gasteiger charge is 2.06. The smallest absolute Gasteiger partial charge is 0.284 e. The van der Waals surface area contributed by atoms with E-state index in [4.69, 9.17) is 9.15 Å². The van der Waals surface area contributed by atoms with E-state index in [2.05, 4.69) is 19.1 Å². The van der Waals surface area contributed by atoms with Gasteiger partial charge in [0.1, 0.15) is 0 Å². The zero-order valence-corrected chi connectivity index (χ0v) is 15.5. The maximum atomic E-state index is 11.1. The topological polar surface area (TPSA) is 39.4 Å². The zero-order chi connectivity index (χ0) is 17.5. The number of furan rings is 1. The van der Waals surface area contributed by atoms with E-state index in [0.29, 0.717) is 18.3 Å². The molecule has 0 fully saturated rings. The number of hydrogen-bond donors (Lipinski definition) is 0. The van der Waals surface area contributed by atoms with Crippen LogP contribution < -0.4 is 4.74 Å². The standard InChI is InChI=1S/C21H34O3/c1-3-4-5-6-7-8-9-10-11-12-13-14-15-18-23-21-17-16-20(24-21)19(2)22/h7-8,16-17H,3-6,9-15,18H2,1-2H3/b8-7+.